The first-order valence-corrected chi connectivity index (χ1v) is 11.5. The van der Waals surface area contributed by atoms with E-state index in [2.05, 4.69) is 15.4 Å². The van der Waals surface area contributed by atoms with Gasteiger partial charge in [0.15, 0.2) is 5.82 Å². The molecular weight excluding hydrogens is 476 g/mol. The number of halogens is 1. The number of hydrogen-bond donors (Lipinski definition) is 1. The lowest BCUT2D eigenvalue weighted by molar-refractivity contribution is 0.101. The van der Waals surface area contributed by atoms with Crippen LogP contribution in [0.25, 0.3) is 17.1 Å². The third-order valence-corrected chi connectivity index (χ3v) is 5.57. The average molecular weight is 497 g/mol. The summed E-state index contributed by atoms with van der Waals surface area (Å²) in [5, 5.41) is 7.95. The van der Waals surface area contributed by atoms with Crippen LogP contribution in [0.15, 0.2) is 103 Å². The van der Waals surface area contributed by atoms with E-state index in [1.54, 1.807) is 48.2 Å². The highest BCUT2D eigenvalue weighted by atomic mass is 35.5. The van der Waals surface area contributed by atoms with Gasteiger partial charge in [-0.05, 0) is 84.9 Å². The van der Waals surface area contributed by atoms with Crippen LogP contribution in [-0.2, 0) is 0 Å². The number of amides is 1. The number of hydrogen-bond acceptors (Lipinski definition) is 5. The van der Waals surface area contributed by atoms with Gasteiger partial charge in [0.05, 0.1) is 12.8 Å². The van der Waals surface area contributed by atoms with Crippen molar-refractivity contribution in [2.45, 2.75) is 0 Å². The molecule has 36 heavy (non-hydrogen) atoms. The molecule has 0 aliphatic heterocycles. The predicted molar refractivity (Wildman–Crippen MR) is 139 cm³/mol. The van der Waals surface area contributed by atoms with Crippen molar-refractivity contribution in [3.63, 3.8) is 0 Å². The van der Waals surface area contributed by atoms with Gasteiger partial charge >= 0.3 is 0 Å². The van der Waals surface area contributed by atoms with E-state index in [0.29, 0.717) is 28.0 Å². The minimum absolute atomic E-state index is 0.0281. The second-order valence-electron chi connectivity index (χ2n) is 7.77. The molecule has 1 aromatic heterocycles. The standard InChI is InChI=1S/C28H21ClN4O3/c1-35-23-17-13-22(14-18-23)33-27(19-7-9-20(29)10-8-19)31-26(32-33)28(34)30-21-11-15-25(16-12-21)36-24-5-3-2-4-6-24/h2-18H,1H3,(H,30,34). The molecule has 0 unspecified atom stereocenters. The zero-order valence-electron chi connectivity index (χ0n) is 19.3. The summed E-state index contributed by atoms with van der Waals surface area (Å²) in [6.45, 7) is 0. The lowest BCUT2D eigenvalue weighted by atomic mass is 10.2. The summed E-state index contributed by atoms with van der Waals surface area (Å²) in [6, 6.07) is 31.1. The molecule has 5 rings (SSSR count). The number of carbonyl (C=O) groups is 1. The van der Waals surface area contributed by atoms with E-state index in [9.17, 15) is 4.79 Å². The summed E-state index contributed by atoms with van der Waals surface area (Å²) in [5.74, 6) is 2.20. The van der Waals surface area contributed by atoms with Crippen molar-refractivity contribution >= 4 is 23.2 Å². The number of rotatable bonds is 7. The maximum atomic E-state index is 13.1. The number of carbonyl (C=O) groups excluding carboxylic acids is 1. The summed E-state index contributed by atoms with van der Waals surface area (Å²) in [7, 11) is 1.60. The minimum Gasteiger partial charge on any atom is -0.497 e. The van der Waals surface area contributed by atoms with E-state index >= 15 is 0 Å². The second kappa shape index (κ2) is 10.3. The molecule has 0 saturated carbocycles. The highest BCUT2D eigenvalue weighted by Crippen LogP contribution is 2.26. The van der Waals surface area contributed by atoms with Crippen molar-refractivity contribution in [1.82, 2.24) is 14.8 Å². The SMILES string of the molecule is COc1ccc(-n2nc(C(=O)Nc3ccc(Oc4ccccc4)cc3)nc2-c2ccc(Cl)cc2)cc1. The highest BCUT2D eigenvalue weighted by Gasteiger charge is 2.19. The Balaban J connectivity index is 1.40. The smallest absolute Gasteiger partial charge is 0.295 e. The molecule has 0 saturated heterocycles. The van der Waals surface area contributed by atoms with Crippen molar-refractivity contribution in [3.05, 3.63) is 114 Å². The molecule has 0 aliphatic carbocycles. The first-order chi connectivity index (χ1) is 17.6. The van der Waals surface area contributed by atoms with Crippen LogP contribution in [0, 0.1) is 0 Å². The van der Waals surface area contributed by atoms with Crippen LogP contribution in [0.2, 0.25) is 5.02 Å². The lowest BCUT2D eigenvalue weighted by Gasteiger charge is -2.07. The van der Waals surface area contributed by atoms with Gasteiger partial charge in [0.1, 0.15) is 17.2 Å². The van der Waals surface area contributed by atoms with Gasteiger partial charge in [-0.3, -0.25) is 4.79 Å². The average Bonchev–Trinajstić information content (AvgIpc) is 3.37. The molecule has 0 radical (unpaired) electrons. The van der Waals surface area contributed by atoms with E-state index in [1.165, 1.54) is 0 Å². The van der Waals surface area contributed by atoms with E-state index in [1.807, 2.05) is 66.7 Å². The Morgan fingerprint density at radius 2 is 1.44 bits per heavy atom. The van der Waals surface area contributed by atoms with Crippen molar-refractivity contribution in [2.75, 3.05) is 12.4 Å². The maximum Gasteiger partial charge on any atom is 0.295 e. The van der Waals surface area contributed by atoms with E-state index in [0.717, 1.165) is 17.0 Å². The van der Waals surface area contributed by atoms with Crippen molar-refractivity contribution in [3.8, 4) is 34.3 Å². The van der Waals surface area contributed by atoms with Crippen LogP contribution in [0.1, 0.15) is 10.6 Å². The summed E-state index contributed by atoms with van der Waals surface area (Å²) < 4.78 is 12.7. The highest BCUT2D eigenvalue weighted by molar-refractivity contribution is 6.30. The normalized spacial score (nSPS) is 10.6. The number of benzene rings is 4. The van der Waals surface area contributed by atoms with Crippen LogP contribution < -0.4 is 14.8 Å². The van der Waals surface area contributed by atoms with Crippen molar-refractivity contribution < 1.29 is 14.3 Å². The van der Waals surface area contributed by atoms with Gasteiger partial charge in [-0.25, -0.2) is 9.67 Å². The number of para-hydroxylation sites is 1. The van der Waals surface area contributed by atoms with Crippen LogP contribution in [0.4, 0.5) is 5.69 Å². The summed E-state index contributed by atoms with van der Waals surface area (Å²) in [5.41, 5.74) is 2.09. The topological polar surface area (TPSA) is 78.3 Å². The van der Waals surface area contributed by atoms with Crippen LogP contribution in [0.5, 0.6) is 17.2 Å². The predicted octanol–water partition coefficient (Wildman–Crippen LogP) is 6.64. The largest absolute Gasteiger partial charge is 0.497 e. The number of nitrogens with one attached hydrogen (secondary N) is 1. The summed E-state index contributed by atoms with van der Waals surface area (Å²) >= 11 is 6.06. The fraction of sp³-hybridized carbons (Fsp3) is 0.0357. The van der Waals surface area contributed by atoms with Gasteiger partial charge in [0, 0.05) is 16.3 Å². The molecule has 0 bridgehead atoms. The first-order valence-electron chi connectivity index (χ1n) is 11.1. The molecule has 0 aliphatic rings. The third-order valence-electron chi connectivity index (χ3n) is 5.32. The van der Waals surface area contributed by atoms with Crippen LogP contribution in [-0.4, -0.2) is 27.8 Å². The summed E-state index contributed by atoms with van der Waals surface area (Å²) in [6.07, 6.45) is 0. The monoisotopic (exact) mass is 496 g/mol. The molecule has 0 fully saturated rings. The van der Waals surface area contributed by atoms with Gasteiger partial charge < -0.3 is 14.8 Å². The van der Waals surface area contributed by atoms with E-state index < -0.39 is 5.91 Å². The van der Waals surface area contributed by atoms with Gasteiger partial charge in [-0.1, -0.05) is 29.8 Å². The molecule has 0 atom stereocenters. The number of ether oxygens (including phenoxy) is 2. The quantitative estimate of drug-likeness (QED) is 0.273. The van der Waals surface area contributed by atoms with Gasteiger partial charge in [0.2, 0.25) is 5.82 Å². The Morgan fingerprint density at radius 1 is 0.806 bits per heavy atom. The summed E-state index contributed by atoms with van der Waals surface area (Å²) in [4.78, 5) is 17.6. The van der Waals surface area contributed by atoms with Gasteiger partial charge in [-0.15, -0.1) is 5.10 Å². The number of methoxy groups -OCH3 is 1. The van der Waals surface area contributed by atoms with E-state index in [-0.39, 0.29) is 5.82 Å². The van der Waals surface area contributed by atoms with Gasteiger partial charge in [-0.2, -0.15) is 0 Å². The fourth-order valence-corrected chi connectivity index (χ4v) is 3.64. The van der Waals surface area contributed by atoms with Crippen LogP contribution in [0.3, 0.4) is 0 Å². The molecule has 4 aromatic carbocycles. The molecular formula is C28H21ClN4O3. The zero-order valence-corrected chi connectivity index (χ0v) is 20.0. The minimum atomic E-state index is -0.436. The molecule has 8 heteroatoms. The molecule has 1 N–H and O–H groups in total. The fourth-order valence-electron chi connectivity index (χ4n) is 3.52. The Bertz CT molecular complexity index is 1470. The number of anilines is 1. The van der Waals surface area contributed by atoms with Gasteiger partial charge in [0.25, 0.3) is 5.91 Å². The third kappa shape index (κ3) is 5.21. The maximum absolute atomic E-state index is 13.1. The van der Waals surface area contributed by atoms with Crippen molar-refractivity contribution in [2.24, 2.45) is 0 Å². The molecule has 178 valence electrons. The molecule has 1 heterocycles. The Morgan fingerprint density at radius 3 is 2.11 bits per heavy atom. The molecule has 0 spiro atoms. The Hall–Kier alpha value is -4.62. The lowest BCUT2D eigenvalue weighted by Crippen LogP contribution is -2.14. The number of nitrogens with zero attached hydrogens (tertiary/aromatic N) is 3. The first kappa shape index (κ1) is 23.1. The molecule has 7 nitrogen and oxygen atoms in total. The van der Waals surface area contributed by atoms with Crippen LogP contribution >= 0.6 is 11.6 Å². The molecule has 1 amide bonds. The van der Waals surface area contributed by atoms with E-state index in [4.69, 9.17) is 21.1 Å². The Kier molecular flexibility index (Phi) is 6.64. The zero-order chi connectivity index (χ0) is 24.9. The van der Waals surface area contributed by atoms with Crippen molar-refractivity contribution in [1.29, 1.82) is 0 Å². The number of aromatic nitrogens is 3. The Labute approximate surface area is 212 Å². The second-order valence-corrected chi connectivity index (χ2v) is 8.21. The molecule has 5 aromatic rings.